The minimum absolute atomic E-state index is 0.148. The van der Waals surface area contributed by atoms with Crippen LogP contribution in [0.25, 0.3) is 20.8 Å². The number of benzene rings is 2. The van der Waals surface area contributed by atoms with Gasteiger partial charge in [-0.15, -0.1) is 11.3 Å². The van der Waals surface area contributed by atoms with Crippen molar-refractivity contribution in [2.24, 2.45) is 5.92 Å². The molecule has 0 spiro atoms. The second kappa shape index (κ2) is 8.06. The third-order valence-corrected chi connectivity index (χ3v) is 6.02. The van der Waals surface area contributed by atoms with Gasteiger partial charge in [-0.2, -0.15) is 0 Å². The lowest BCUT2D eigenvalue weighted by Gasteiger charge is -2.29. The predicted molar refractivity (Wildman–Crippen MR) is 112 cm³/mol. The van der Waals surface area contributed by atoms with Crippen LogP contribution in [0.3, 0.4) is 0 Å². The van der Waals surface area contributed by atoms with Crippen molar-refractivity contribution in [2.75, 3.05) is 32.0 Å². The molecular formula is C21H24N4OS. The van der Waals surface area contributed by atoms with Crippen molar-refractivity contribution in [3.8, 4) is 10.6 Å². The molecule has 5 nitrogen and oxygen atoms in total. The Hall–Kier alpha value is -2.44. The van der Waals surface area contributed by atoms with E-state index in [-0.39, 0.29) is 6.03 Å². The van der Waals surface area contributed by atoms with Gasteiger partial charge >= 0.3 is 6.03 Å². The molecule has 3 aromatic rings. The van der Waals surface area contributed by atoms with Gasteiger partial charge in [-0.25, -0.2) is 9.78 Å². The molecule has 0 saturated carbocycles. The molecule has 0 aliphatic carbocycles. The number of carbonyl (C=O) groups is 1. The first-order valence-corrected chi connectivity index (χ1v) is 10.2. The van der Waals surface area contributed by atoms with Gasteiger partial charge in [-0.05, 0) is 56.6 Å². The maximum absolute atomic E-state index is 12.3. The van der Waals surface area contributed by atoms with Crippen LogP contribution in [-0.4, -0.2) is 42.6 Å². The van der Waals surface area contributed by atoms with Crippen LogP contribution in [0.15, 0.2) is 48.5 Å². The first kappa shape index (κ1) is 17.9. The number of para-hydroxylation sites is 1. The molecule has 1 aromatic heterocycles. The number of hydrogen-bond donors (Lipinski definition) is 2. The first-order chi connectivity index (χ1) is 13.2. The predicted octanol–water partition coefficient (Wildman–Crippen LogP) is 4.43. The Kier molecular flexibility index (Phi) is 5.36. The molecule has 6 heteroatoms. The first-order valence-electron chi connectivity index (χ1n) is 9.37. The maximum atomic E-state index is 12.3. The van der Waals surface area contributed by atoms with Crippen LogP contribution in [-0.2, 0) is 0 Å². The van der Waals surface area contributed by atoms with E-state index in [1.807, 2.05) is 42.5 Å². The van der Waals surface area contributed by atoms with Gasteiger partial charge in [0.1, 0.15) is 5.01 Å². The second-order valence-electron chi connectivity index (χ2n) is 7.17. The van der Waals surface area contributed by atoms with Crippen molar-refractivity contribution in [2.45, 2.75) is 12.8 Å². The second-order valence-corrected chi connectivity index (χ2v) is 8.20. The summed E-state index contributed by atoms with van der Waals surface area (Å²) in [6, 6.07) is 15.8. The van der Waals surface area contributed by atoms with E-state index < -0.39 is 0 Å². The van der Waals surface area contributed by atoms with Crippen molar-refractivity contribution in [3.05, 3.63) is 48.5 Å². The van der Waals surface area contributed by atoms with Gasteiger partial charge in [0.15, 0.2) is 0 Å². The van der Waals surface area contributed by atoms with Crippen LogP contribution in [0.5, 0.6) is 0 Å². The Morgan fingerprint density at radius 3 is 3.00 bits per heavy atom. The van der Waals surface area contributed by atoms with Crippen LogP contribution < -0.4 is 10.6 Å². The third-order valence-electron chi connectivity index (χ3n) is 4.93. The zero-order chi connectivity index (χ0) is 18.6. The van der Waals surface area contributed by atoms with E-state index in [1.54, 1.807) is 11.3 Å². The standard InChI is InChI=1S/C21H24N4OS/c1-25-11-5-6-15(14-25)13-22-21(26)23-17-8-4-7-16(12-17)20-24-18-9-2-3-10-19(18)27-20/h2-4,7-10,12,15H,5-6,11,13-14H2,1H3,(H2,22,23,26). The number of urea groups is 1. The molecule has 2 N–H and O–H groups in total. The molecule has 1 atom stereocenters. The summed E-state index contributed by atoms with van der Waals surface area (Å²) in [5.74, 6) is 0.531. The van der Waals surface area contributed by atoms with Crippen molar-refractivity contribution < 1.29 is 4.79 Å². The number of aromatic nitrogens is 1. The van der Waals surface area contributed by atoms with Gasteiger partial charge < -0.3 is 15.5 Å². The van der Waals surface area contributed by atoms with E-state index in [2.05, 4.69) is 28.6 Å². The van der Waals surface area contributed by atoms with Gasteiger partial charge in [-0.3, -0.25) is 0 Å². The largest absolute Gasteiger partial charge is 0.338 e. The van der Waals surface area contributed by atoms with Crippen LogP contribution in [0.4, 0.5) is 10.5 Å². The number of carbonyl (C=O) groups excluding carboxylic acids is 1. The Balaban J connectivity index is 1.39. The maximum Gasteiger partial charge on any atom is 0.319 e. The minimum atomic E-state index is -0.148. The summed E-state index contributed by atoms with van der Waals surface area (Å²) in [5, 5.41) is 6.93. The molecule has 27 heavy (non-hydrogen) atoms. The molecule has 0 radical (unpaired) electrons. The number of thiazole rings is 1. The van der Waals surface area contributed by atoms with Crippen LogP contribution in [0.2, 0.25) is 0 Å². The smallest absolute Gasteiger partial charge is 0.319 e. The fourth-order valence-electron chi connectivity index (χ4n) is 3.58. The van der Waals surface area contributed by atoms with Gasteiger partial charge in [0.05, 0.1) is 10.2 Å². The van der Waals surface area contributed by atoms with E-state index in [4.69, 9.17) is 4.98 Å². The summed E-state index contributed by atoms with van der Waals surface area (Å²) in [6.45, 7) is 2.92. The molecule has 1 unspecified atom stereocenters. The summed E-state index contributed by atoms with van der Waals surface area (Å²) in [7, 11) is 2.14. The molecule has 2 aromatic carbocycles. The summed E-state index contributed by atoms with van der Waals surface area (Å²) >= 11 is 1.66. The number of rotatable bonds is 4. The number of likely N-dealkylation sites (tertiary alicyclic amines) is 1. The molecule has 4 rings (SSSR count). The highest BCUT2D eigenvalue weighted by Crippen LogP contribution is 2.31. The molecule has 140 valence electrons. The highest BCUT2D eigenvalue weighted by Gasteiger charge is 2.17. The summed E-state index contributed by atoms with van der Waals surface area (Å²) in [5.41, 5.74) is 2.80. The van der Waals surface area contributed by atoms with Gasteiger partial charge in [0, 0.05) is 24.3 Å². The quantitative estimate of drug-likeness (QED) is 0.704. The molecule has 1 aliphatic heterocycles. The monoisotopic (exact) mass is 380 g/mol. The van der Waals surface area contributed by atoms with Crippen LogP contribution in [0.1, 0.15) is 12.8 Å². The lowest BCUT2D eigenvalue weighted by Crippen LogP contribution is -2.40. The Labute approximate surface area is 163 Å². The molecule has 2 amide bonds. The SMILES string of the molecule is CN1CCCC(CNC(=O)Nc2cccc(-c3nc4ccccc4s3)c2)C1. The number of nitrogens with one attached hydrogen (secondary N) is 2. The molecular weight excluding hydrogens is 356 g/mol. The average Bonchev–Trinajstić information content (AvgIpc) is 3.11. The average molecular weight is 381 g/mol. The van der Waals surface area contributed by atoms with Gasteiger partial charge in [0.2, 0.25) is 0 Å². The lowest BCUT2D eigenvalue weighted by molar-refractivity contribution is 0.204. The molecule has 1 aliphatic rings. The highest BCUT2D eigenvalue weighted by atomic mass is 32.1. The van der Waals surface area contributed by atoms with Crippen molar-refractivity contribution in [3.63, 3.8) is 0 Å². The fraction of sp³-hybridized carbons (Fsp3) is 0.333. The summed E-state index contributed by atoms with van der Waals surface area (Å²) < 4.78 is 1.17. The van der Waals surface area contributed by atoms with E-state index in [0.29, 0.717) is 12.5 Å². The van der Waals surface area contributed by atoms with Gasteiger partial charge in [-0.1, -0.05) is 24.3 Å². The van der Waals surface area contributed by atoms with E-state index in [9.17, 15) is 4.79 Å². The van der Waals surface area contributed by atoms with E-state index in [0.717, 1.165) is 34.9 Å². The molecule has 1 fully saturated rings. The molecule has 1 saturated heterocycles. The van der Waals surface area contributed by atoms with Crippen molar-refractivity contribution in [1.82, 2.24) is 15.2 Å². The third kappa shape index (κ3) is 4.46. The van der Waals surface area contributed by atoms with E-state index >= 15 is 0 Å². The lowest BCUT2D eigenvalue weighted by atomic mass is 9.99. The van der Waals surface area contributed by atoms with Gasteiger partial charge in [0.25, 0.3) is 0 Å². The number of fused-ring (bicyclic) bond motifs is 1. The highest BCUT2D eigenvalue weighted by molar-refractivity contribution is 7.21. The Morgan fingerprint density at radius 2 is 2.15 bits per heavy atom. The van der Waals surface area contributed by atoms with Crippen LogP contribution >= 0.6 is 11.3 Å². The van der Waals surface area contributed by atoms with Crippen LogP contribution in [0, 0.1) is 5.92 Å². The fourth-order valence-corrected chi connectivity index (χ4v) is 4.54. The number of piperidine rings is 1. The normalized spacial score (nSPS) is 17.7. The summed E-state index contributed by atoms with van der Waals surface area (Å²) in [6.07, 6.45) is 2.38. The molecule has 0 bridgehead atoms. The van der Waals surface area contributed by atoms with Crippen molar-refractivity contribution >= 4 is 33.3 Å². The number of amides is 2. The Morgan fingerprint density at radius 1 is 1.26 bits per heavy atom. The van der Waals surface area contributed by atoms with Crippen molar-refractivity contribution in [1.29, 1.82) is 0 Å². The molecule has 2 heterocycles. The zero-order valence-electron chi connectivity index (χ0n) is 15.4. The van der Waals surface area contributed by atoms with E-state index in [1.165, 1.54) is 17.5 Å². The number of hydrogen-bond acceptors (Lipinski definition) is 4. The topological polar surface area (TPSA) is 57.3 Å². The zero-order valence-corrected chi connectivity index (χ0v) is 16.3. The number of anilines is 1. The number of nitrogens with zero attached hydrogens (tertiary/aromatic N) is 2. The Bertz CT molecular complexity index is 906. The minimum Gasteiger partial charge on any atom is -0.338 e. The summed E-state index contributed by atoms with van der Waals surface area (Å²) in [4.78, 5) is 19.3.